The summed E-state index contributed by atoms with van der Waals surface area (Å²) in [5, 5.41) is 2.94. The van der Waals surface area contributed by atoms with Crippen LogP contribution in [0.1, 0.15) is 48.2 Å². The zero-order valence-electron chi connectivity index (χ0n) is 15.3. The summed E-state index contributed by atoms with van der Waals surface area (Å²) in [6, 6.07) is 13.5. The first-order valence-electron chi connectivity index (χ1n) is 8.82. The Balaban J connectivity index is 2.08. The Morgan fingerprint density at radius 1 is 1.08 bits per heavy atom. The van der Waals surface area contributed by atoms with E-state index in [1.165, 1.54) is 18.4 Å². The molecular weight excluding hydrogens is 314 g/mol. The first-order chi connectivity index (χ1) is 12.2. The third-order valence-corrected chi connectivity index (χ3v) is 3.95. The lowest BCUT2D eigenvalue weighted by Gasteiger charge is -2.12. The molecule has 0 aromatic heterocycles. The summed E-state index contributed by atoms with van der Waals surface area (Å²) in [5.74, 6) is 0.614. The quantitative estimate of drug-likeness (QED) is 0.711. The van der Waals surface area contributed by atoms with Crippen LogP contribution in [0.25, 0.3) is 0 Å². The molecule has 0 spiro atoms. The summed E-state index contributed by atoms with van der Waals surface area (Å²) < 4.78 is 10.8. The lowest BCUT2D eigenvalue weighted by atomic mass is 10.1. The highest BCUT2D eigenvalue weighted by atomic mass is 16.5. The maximum absolute atomic E-state index is 12.5. The van der Waals surface area contributed by atoms with E-state index in [9.17, 15) is 4.79 Å². The van der Waals surface area contributed by atoms with E-state index in [0.717, 1.165) is 23.4 Å². The van der Waals surface area contributed by atoms with Crippen molar-refractivity contribution in [3.8, 4) is 5.75 Å². The van der Waals surface area contributed by atoms with E-state index in [1.807, 2.05) is 31.2 Å². The molecule has 25 heavy (non-hydrogen) atoms. The SMILES string of the molecule is CCCCc1ccc(NC(=O)c2ccc(OCC)c(COC)c2)cc1. The highest BCUT2D eigenvalue weighted by Crippen LogP contribution is 2.22. The van der Waals surface area contributed by atoms with Crippen molar-refractivity contribution in [3.63, 3.8) is 0 Å². The zero-order valence-corrected chi connectivity index (χ0v) is 15.3. The lowest BCUT2D eigenvalue weighted by Crippen LogP contribution is -2.12. The van der Waals surface area contributed by atoms with E-state index in [4.69, 9.17) is 9.47 Å². The van der Waals surface area contributed by atoms with Gasteiger partial charge < -0.3 is 14.8 Å². The van der Waals surface area contributed by atoms with Crippen molar-refractivity contribution in [1.82, 2.24) is 0 Å². The summed E-state index contributed by atoms with van der Waals surface area (Å²) in [7, 11) is 1.63. The number of benzene rings is 2. The van der Waals surface area contributed by atoms with Gasteiger partial charge in [-0.2, -0.15) is 0 Å². The molecule has 0 radical (unpaired) electrons. The van der Waals surface area contributed by atoms with E-state index in [-0.39, 0.29) is 5.91 Å². The van der Waals surface area contributed by atoms with Crippen LogP contribution >= 0.6 is 0 Å². The number of aryl methyl sites for hydroxylation is 1. The smallest absolute Gasteiger partial charge is 0.255 e. The van der Waals surface area contributed by atoms with Crippen molar-refractivity contribution in [2.24, 2.45) is 0 Å². The molecule has 1 N–H and O–H groups in total. The third-order valence-electron chi connectivity index (χ3n) is 3.95. The molecule has 0 fully saturated rings. The minimum Gasteiger partial charge on any atom is -0.494 e. The van der Waals surface area contributed by atoms with Gasteiger partial charge in [-0.05, 0) is 55.7 Å². The number of nitrogens with one attached hydrogen (secondary N) is 1. The van der Waals surface area contributed by atoms with Crippen LogP contribution in [-0.2, 0) is 17.8 Å². The standard InChI is InChI=1S/C21H27NO3/c1-4-6-7-16-8-11-19(12-9-16)22-21(23)17-10-13-20(25-5-2)18(14-17)15-24-3/h8-14H,4-7,15H2,1-3H3,(H,22,23). The third kappa shape index (κ3) is 5.61. The Morgan fingerprint density at radius 2 is 1.84 bits per heavy atom. The van der Waals surface area contributed by atoms with Gasteiger partial charge in [0.1, 0.15) is 5.75 Å². The monoisotopic (exact) mass is 341 g/mol. The molecule has 0 saturated heterocycles. The van der Waals surface area contributed by atoms with Crippen LogP contribution in [0.4, 0.5) is 5.69 Å². The van der Waals surface area contributed by atoms with Gasteiger partial charge in [0.2, 0.25) is 0 Å². The largest absolute Gasteiger partial charge is 0.494 e. The van der Waals surface area contributed by atoms with Crippen molar-refractivity contribution < 1.29 is 14.3 Å². The molecule has 0 heterocycles. The summed E-state index contributed by atoms with van der Waals surface area (Å²) in [5.41, 5.74) is 3.55. The summed E-state index contributed by atoms with van der Waals surface area (Å²) in [4.78, 5) is 12.5. The molecule has 134 valence electrons. The molecule has 0 bridgehead atoms. The highest BCUT2D eigenvalue weighted by Gasteiger charge is 2.11. The number of rotatable bonds is 9. The number of carbonyl (C=O) groups is 1. The average Bonchev–Trinajstić information content (AvgIpc) is 2.63. The van der Waals surface area contributed by atoms with Crippen molar-refractivity contribution in [3.05, 3.63) is 59.2 Å². The number of hydrogen-bond acceptors (Lipinski definition) is 3. The van der Waals surface area contributed by atoms with Crippen molar-refractivity contribution >= 4 is 11.6 Å². The molecule has 4 heteroatoms. The summed E-state index contributed by atoms with van der Waals surface area (Å²) in [6.45, 7) is 5.10. The number of carbonyl (C=O) groups excluding carboxylic acids is 1. The minimum atomic E-state index is -0.137. The Morgan fingerprint density at radius 3 is 2.48 bits per heavy atom. The van der Waals surface area contributed by atoms with Crippen LogP contribution in [0.15, 0.2) is 42.5 Å². The average molecular weight is 341 g/mol. The molecule has 0 saturated carbocycles. The highest BCUT2D eigenvalue weighted by molar-refractivity contribution is 6.04. The summed E-state index contributed by atoms with van der Waals surface area (Å²) >= 11 is 0. The topological polar surface area (TPSA) is 47.6 Å². The van der Waals surface area contributed by atoms with E-state index in [1.54, 1.807) is 13.2 Å². The Bertz CT molecular complexity index is 680. The zero-order chi connectivity index (χ0) is 18.1. The normalized spacial score (nSPS) is 10.5. The molecule has 4 nitrogen and oxygen atoms in total. The van der Waals surface area contributed by atoms with Gasteiger partial charge in [-0.3, -0.25) is 4.79 Å². The van der Waals surface area contributed by atoms with Crippen LogP contribution in [0.2, 0.25) is 0 Å². The summed E-state index contributed by atoms with van der Waals surface area (Å²) in [6.07, 6.45) is 3.43. The maximum Gasteiger partial charge on any atom is 0.255 e. The molecule has 1 amide bonds. The lowest BCUT2D eigenvalue weighted by molar-refractivity contribution is 0.102. The number of unbranched alkanes of at least 4 members (excludes halogenated alkanes) is 1. The number of hydrogen-bond donors (Lipinski definition) is 1. The van der Waals surface area contributed by atoms with Gasteiger partial charge in [-0.15, -0.1) is 0 Å². The Hall–Kier alpha value is -2.33. The fourth-order valence-electron chi connectivity index (χ4n) is 2.62. The van der Waals surface area contributed by atoms with Crippen LogP contribution in [0.3, 0.4) is 0 Å². The predicted octanol–water partition coefficient (Wildman–Crippen LogP) is 4.83. The van der Waals surface area contributed by atoms with Crippen molar-refractivity contribution in [1.29, 1.82) is 0 Å². The predicted molar refractivity (Wildman–Crippen MR) is 101 cm³/mol. The van der Waals surface area contributed by atoms with Crippen LogP contribution < -0.4 is 10.1 Å². The Labute approximate surface area is 150 Å². The molecule has 0 aliphatic rings. The molecular formula is C21H27NO3. The van der Waals surface area contributed by atoms with E-state index < -0.39 is 0 Å². The van der Waals surface area contributed by atoms with Gasteiger partial charge in [0.15, 0.2) is 0 Å². The van der Waals surface area contributed by atoms with Gasteiger partial charge in [0, 0.05) is 23.9 Å². The second-order valence-corrected chi connectivity index (χ2v) is 5.94. The van der Waals surface area contributed by atoms with Gasteiger partial charge in [-0.1, -0.05) is 25.5 Å². The van der Waals surface area contributed by atoms with Crippen molar-refractivity contribution in [2.45, 2.75) is 39.7 Å². The van der Waals surface area contributed by atoms with Gasteiger partial charge in [-0.25, -0.2) is 0 Å². The van der Waals surface area contributed by atoms with Crippen molar-refractivity contribution in [2.75, 3.05) is 19.0 Å². The maximum atomic E-state index is 12.5. The van der Waals surface area contributed by atoms with E-state index >= 15 is 0 Å². The van der Waals surface area contributed by atoms with E-state index in [0.29, 0.717) is 18.8 Å². The molecule has 0 unspecified atom stereocenters. The number of anilines is 1. The van der Waals surface area contributed by atoms with Crippen LogP contribution in [-0.4, -0.2) is 19.6 Å². The van der Waals surface area contributed by atoms with Gasteiger partial charge in [0.25, 0.3) is 5.91 Å². The number of ether oxygens (including phenoxy) is 2. The second kappa shape index (κ2) is 9.84. The minimum absolute atomic E-state index is 0.137. The first kappa shape index (κ1) is 19.0. The molecule has 0 aliphatic carbocycles. The van der Waals surface area contributed by atoms with Crippen LogP contribution in [0.5, 0.6) is 5.75 Å². The van der Waals surface area contributed by atoms with Gasteiger partial charge >= 0.3 is 0 Å². The number of amides is 1. The first-order valence-corrected chi connectivity index (χ1v) is 8.82. The molecule has 2 aromatic carbocycles. The Kier molecular flexibility index (Phi) is 7.48. The molecule has 0 aliphatic heterocycles. The molecule has 0 atom stereocenters. The second-order valence-electron chi connectivity index (χ2n) is 5.94. The fraction of sp³-hybridized carbons (Fsp3) is 0.381. The number of methoxy groups -OCH3 is 1. The fourth-order valence-corrected chi connectivity index (χ4v) is 2.62. The molecule has 2 aromatic rings. The molecule has 2 rings (SSSR count). The van der Waals surface area contributed by atoms with E-state index in [2.05, 4.69) is 24.4 Å². The van der Waals surface area contributed by atoms with Crippen LogP contribution in [0, 0.1) is 0 Å². The van der Waals surface area contributed by atoms with Gasteiger partial charge in [0.05, 0.1) is 13.2 Å².